The summed E-state index contributed by atoms with van der Waals surface area (Å²) in [6, 6.07) is 5.31. The van der Waals surface area contributed by atoms with Crippen LogP contribution in [0.5, 0.6) is 0 Å². The van der Waals surface area contributed by atoms with E-state index in [9.17, 15) is 10.1 Å². The average Bonchev–Trinajstić information content (AvgIpc) is 2.52. The van der Waals surface area contributed by atoms with E-state index in [2.05, 4.69) is 22.2 Å². The van der Waals surface area contributed by atoms with Gasteiger partial charge in [0, 0.05) is 19.3 Å². The first-order valence-corrected chi connectivity index (χ1v) is 7.00. The molecule has 0 bridgehead atoms. The van der Waals surface area contributed by atoms with Gasteiger partial charge in [0.25, 0.3) is 0 Å². The molecule has 0 radical (unpaired) electrons. The molecule has 0 unspecified atom stereocenters. The predicted octanol–water partition coefficient (Wildman–Crippen LogP) is 1.90. The molecule has 0 aliphatic carbocycles. The molecule has 2 N–H and O–H groups in total. The number of esters is 1. The normalized spacial score (nSPS) is 11.0. The zero-order valence-electron chi connectivity index (χ0n) is 12.2. The summed E-state index contributed by atoms with van der Waals surface area (Å²) in [6.07, 6.45) is 3.22. The third-order valence-electron chi connectivity index (χ3n) is 2.52. The summed E-state index contributed by atoms with van der Waals surface area (Å²) in [6.45, 7) is 6.23. The van der Waals surface area contributed by atoms with Crippen molar-refractivity contribution in [3.8, 4) is 6.07 Å². The minimum atomic E-state index is -0.682. The zero-order chi connectivity index (χ0) is 16.4. The van der Waals surface area contributed by atoms with Gasteiger partial charge in [-0.15, -0.1) is 6.58 Å². The van der Waals surface area contributed by atoms with Gasteiger partial charge in [0.1, 0.15) is 17.0 Å². The number of nitrogens with zero attached hydrogens (tertiary/aromatic N) is 2. The molecule has 7 heteroatoms. The minimum absolute atomic E-state index is 0.120. The van der Waals surface area contributed by atoms with E-state index in [4.69, 9.17) is 16.3 Å². The maximum absolute atomic E-state index is 11.8. The lowest BCUT2D eigenvalue weighted by molar-refractivity contribution is -0.138. The lowest BCUT2D eigenvalue weighted by Gasteiger charge is -2.14. The number of halogens is 1. The van der Waals surface area contributed by atoms with Crippen LogP contribution in [0.2, 0.25) is 5.15 Å². The second kappa shape index (κ2) is 9.42. The van der Waals surface area contributed by atoms with Gasteiger partial charge in [0.05, 0.1) is 6.61 Å². The number of carbonyl (C=O) groups excluding carboxylic acids is 1. The topological polar surface area (TPSA) is 87.0 Å². The van der Waals surface area contributed by atoms with Crippen molar-refractivity contribution in [3.63, 3.8) is 0 Å². The number of nitrogens with one attached hydrogen (secondary N) is 2. The summed E-state index contributed by atoms with van der Waals surface area (Å²) in [5.41, 5.74) is 0.731. The van der Waals surface area contributed by atoms with Crippen molar-refractivity contribution in [2.45, 2.75) is 13.5 Å². The van der Waals surface area contributed by atoms with Gasteiger partial charge in [-0.2, -0.15) is 5.26 Å². The number of aromatic nitrogens is 1. The van der Waals surface area contributed by atoms with Gasteiger partial charge >= 0.3 is 5.97 Å². The Morgan fingerprint density at radius 2 is 2.32 bits per heavy atom. The molecule has 0 aromatic carbocycles. The maximum Gasteiger partial charge on any atom is 0.352 e. The number of nitriles is 1. The molecule has 0 saturated heterocycles. The molecule has 116 valence electrons. The van der Waals surface area contributed by atoms with Crippen molar-refractivity contribution in [2.75, 3.05) is 13.2 Å². The SMILES string of the molecule is C=CCN/C(NCc1ccc(Cl)nc1)=C(/C#N)C(=O)OCC. The Morgan fingerprint density at radius 3 is 2.86 bits per heavy atom. The highest BCUT2D eigenvalue weighted by molar-refractivity contribution is 6.29. The molecule has 0 atom stereocenters. The standard InChI is InChI=1S/C15H17ClN4O2/c1-3-7-18-14(12(8-17)15(21)22-4-2)20-10-11-5-6-13(16)19-9-11/h3,5-6,9,18,20H,1,4,7,10H2,2H3/b14-12+. The molecule has 1 aromatic rings. The van der Waals surface area contributed by atoms with E-state index in [1.165, 1.54) is 0 Å². The molecular formula is C15H17ClN4O2. The van der Waals surface area contributed by atoms with Gasteiger partial charge in [-0.05, 0) is 18.6 Å². The van der Waals surface area contributed by atoms with E-state index in [1.807, 2.05) is 6.07 Å². The smallest absolute Gasteiger partial charge is 0.352 e. The Bertz CT molecular complexity index is 591. The van der Waals surface area contributed by atoms with Crippen LogP contribution in [-0.2, 0) is 16.1 Å². The fourth-order valence-electron chi connectivity index (χ4n) is 1.52. The second-order valence-electron chi connectivity index (χ2n) is 4.09. The van der Waals surface area contributed by atoms with E-state index in [1.54, 1.807) is 31.3 Å². The van der Waals surface area contributed by atoms with Crippen LogP contribution in [0, 0.1) is 11.3 Å². The van der Waals surface area contributed by atoms with E-state index in [-0.39, 0.29) is 18.0 Å². The number of ether oxygens (including phenoxy) is 1. The molecule has 0 spiro atoms. The van der Waals surface area contributed by atoms with Crippen molar-refractivity contribution in [2.24, 2.45) is 0 Å². The number of hydrogen-bond donors (Lipinski definition) is 2. The molecule has 0 aliphatic heterocycles. The molecule has 0 aliphatic rings. The fraction of sp³-hybridized carbons (Fsp3) is 0.267. The van der Waals surface area contributed by atoms with Crippen molar-refractivity contribution in [1.29, 1.82) is 5.26 Å². The number of hydrogen-bond acceptors (Lipinski definition) is 6. The van der Waals surface area contributed by atoms with E-state index >= 15 is 0 Å². The minimum Gasteiger partial charge on any atom is -0.462 e. The Balaban J connectivity index is 2.90. The number of carbonyl (C=O) groups is 1. The van der Waals surface area contributed by atoms with Crippen LogP contribution in [0.1, 0.15) is 12.5 Å². The van der Waals surface area contributed by atoms with Crippen LogP contribution >= 0.6 is 11.6 Å². The number of pyridine rings is 1. The third-order valence-corrected chi connectivity index (χ3v) is 2.75. The highest BCUT2D eigenvalue weighted by Crippen LogP contribution is 2.07. The quantitative estimate of drug-likeness (QED) is 0.250. The Morgan fingerprint density at radius 1 is 1.55 bits per heavy atom. The number of rotatable bonds is 8. The summed E-state index contributed by atoms with van der Waals surface area (Å²) in [4.78, 5) is 15.8. The Kier molecular flexibility index (Phi) is 7.51. The lowest BCUT2D eigenvalue weighted by Crippen LogP contribution is -2.30. The van der Waals surface area contributed by atoms with Crippen LogP contribution in [0.3, 0.4) is 0 Å². The van der Waals surface area contributed by atoms with Gasteiger partial charge in [-0.1, -0.05) is 23.7 Å². The lowest BCUT2D eigenvalue weighted by atomic mass is 10.2. The van der Waals surface area contributed by atoms with Crippen LogP contribution in [0.25, 0.3) is 0 Å². The Hall–Kier alpha value is -2.52. The summed E-state index contributed by atoms with van der Waals surface area (Å²) < 4.78 is 4.87. The van der Waals surface area contributed by atoms with E-state index in [0.717, 1.165) is 5.56 Å². The highest BCUT2D eigenvalue weighted by Gasteiger charge is 2.16. The average molecular weight is 321 g/mol. The fourth-order valence-corrected chi connectivity index (χ4v) is 1.63. The van der Waals surface area contributed by atoms with Crippen molar-refractivity contribution in [1.82, 2.24) is 15.6 Å². The molecule has 0 amide bonds. The molecule has 1 heterocycles. The predicted molar refractivity (Wildman–Crippen MR) is 83.6 cm³/mol. The van der Waals surface area contributed by atoms with Crippen molar-refractivity contribution >= 4 is 17.6 Å². The molecule has 1 rings (SSSR count). The molecule has 22 heavy (non-hydrogen) atoms. The summed E-state index contributed by atoms with van der Waals surface area (Å²) in [7, 11) is 0. The van der Waals surface area contributed by atoms with Crippen LogP contribution in [0.4, 0.5) is 0 Å². The maximum atomic E-state index is 11.8. The van der Waals surface area contributed by atoms with E-state index in [0.29, 0.717) is 18.2 Å². The second-order valence-corrected chi connectivity index (χ2v) is 4.48. The monoisotopic (exact) mass is 320 g/mol. The summed E-state index contributed by atoms with van der Waals surface area (Å²) >= 11 is 5.72. The van der Waals surface area contributed by atoms with Gasteiger partial charge in [0.2, 0.25) is 0 Å². The zero-order valence-corrected chi connectivity index (χ0v) is 13.0. The molecule has 6 nitrogen and oxygen atoms in total. The third kappa shape index (κ3) is 5.46. The summed E-state index contributed by atoms with van der Waals surface area (Å²) in [5, 5.41) is 15.5. The molecule has 0 fully saturated rings. The van der Waals surface area contributed by atoms with Gasteiger partial charge in [-0.25, -0.2) is 9.78 Å². The summed E-state index contributed by atoms with van der Waals surface area (Å²) in [5.74, 6) is -0.394. The Labute approximate surface area is 134 Å². The van der Waals surface area contributed by atoms with E-state index < -0.39 is 5.97 Å². The van der Waals surface area contributed by atoms with Gasteiger partial charge in [-0.3, -0.25) is 0 Å². The van der Waals surface area contributed by atoms with Gasteiger partial charge < -0.3 is 15.4 Å². The van der Waals surface area contributed by atoms with Crippen LogP contribution in [0.15, 0.2) is 42.4 Å². The van der Waals surface area contributed by atoms with Crippen molar-refractivity contribution < 1.29 is 9.53 Å². The first kappa shape index (κ1) is 17.5. The van der Waals surface area contributed by atoms with Crippen LogP contribution < -0.4 is 10.6 Å². The first-order chi connectivity index (χ1) is 10.6. The largest absolute Gasteiger partial charge is 0.462 e. The van der Waals surface area contributed by atoms with Gasteiger partial charge in [0.15, 0.2) is 5.57 Å². The molecular weight excluding hydrogens is 304 g/mol. The highest BCUT2D eigenvalue weighted by atomic mass is 35.5. The van der Waals surface area contributed by atoms with Crippen LogP contribution in [-0.4, -0.2) is 24.1 Å². The molecule has 1 aromatic heterocycles. The van der Waals surface area contributed by atoms with Crippen molar-refractivity contribution in [3.05, 3.63) is 53.1 Å². The first-order valence-electron chi connectivity index (χ1n) is 6.62. The molecule has 0 saturated carbocycles.